The topological polar surface area (TPSA) is 84.9 Å². The van der Waals surface area contributed by atoms with Crippen LogP contribution in [0.15, 0.2) is 47.7 Å². The van der Waals surface area contributed by atoms with Crippen molar-refractivity contribution < 1.29 is 24.2 Å². The van der Waals surface area contributed by atoms with Crippen molar-refractivity contribution in [1.29, 1.82) is 0 Å². The maximum Gasteiger partial charge on any atom is 0.333 e. The fourth-order valence-electron chi connectivity index (χ4n) is 3.11. The number of hydrogen-bond acceptors (Lipinski definition) is 5. The van der Waals surface area contributed by atoms with Crippen LogP contribution in [-0.4, -0.2) is 23.8 Å². The average molecular weight is 383 g/mol. The molecule has 2 N–H and O–H groups in total. The van der Waals surface area contributed by atoms with Crippen molar-refractivity contribution >= 4 is 23.2 Å². The Bertz CT molecular complexity index is 1000. The number of allylic oxidation sites excluding steroid dienone is 2. The maximum atomic E-state index is 12.7. The van der Waals surface area contributed by atoms with Crippen molar-refractivity contribution in [1.82, 2.24) is 5.32 Å². The first-order chi connectivity index (χ1) is 13.0. The van der Waals surface area contributed by atoms with Crippen molar-refractivity contribution in [3.8, 4) is 21.9 Å². The van der Waals surface area contributed by atoms with Crippen LogP contribution in [0, 0.1) is 6.92 Å². The van der Waals surface area contributed by atoms with Gasteiger partial charge in [-0.2, -0.15) is 0 Å². The number of carbonyl (C=O) groups excluding carboxylic acids is 1. The van der Waals surface area contributed by atoms with Crippen LogP contribution >= 0.6 is 11.3 Å². The van der Waals surface area contributed by atoms with Crippen molar-refractivity contribution in [3.05, 3.63) is 58.1 Å². The van der Waals surface area contributed by atoms with Crippen molar-refractivity contribution in [2.24, 2.45) is 0 Å². The molecule has 0 saturated heterocycles. The van der Waals surface area contributed by atoms with E-state index in [9.17, 15) is 14.7 Å². The molecule has 1 aliphatic carbocycles. The highest BCUT2D eigenvalue weighted by molar-refractivity contribution is 7.17. The molecule has 0 bridgehead atoms. The van der Waals surface area contributed by atoms with E-state index in [4.69, 9.17) is 9.47 Å². The van der Waals surface area contributed by atoms with Crippen LogP contribution in [0.2, 0.25) is 0 Å². The van der Waals surface area contributed by atoms with Crippen LogP contribution in [0.4, 0.5) is 0 Å². The monoisotopic (exact) mass is 383 g/mol. The largest absolute Gasteiger partial charge is 0.478 e. The first kappa shape index (κ1) is 17.4. The van der Waals surface area contributed by atoms with Gasteiger partial charge in [-0.25, -0.2) is 4.79 Å². The van der Waals surface area contributed by atoms with Crippen LogP contribution in [0.1, 0.15) is 28.1 Å². The van der Waals surface area contributed by atoms with Crippen molar-refractivity contribution in [3.63, 3.8) is 0 Å². The zero-order valence-corrected chi connectivity index (χ0v) is 15.4. The minimum absolute atomic E-state index is 0.213. The van der Waals surface area contributed by atoms with Gasteiger partial charge in [0.2, 0.25) is 6.79 Å². The van der Waals surface area contributed by atoms with Gasteiger partial charge in [0.1, 0.15) is 0 Å². The molecule has 0 fully saturated rings. The zero-order valence-electron chi connectivity index (χ0n) is 14.6. The second-order valence-corrected chi connectivity index (χ2v) is 7.34. The van der Waals surface area contributed by atoms with Crippen LogP contribution in [0.25, 0.3) is 10.4 Å². The van der Waals surface area contributed by atoms with E-state index >= 15 is 0 Å². The number of carboxylic acid groups (broad SMARTS) is 1. The molecule has 0 atom stereocenters. The molecule has 0 spiro atoms. The highest BCUT2D eigenvalue weighted by atomic mass is 32.1. The SMILES string of the molecule is Cc1cc(C(=O)NC2=C(C(=O)O)CCC=C2)sc1-c1ccc2c(c1)OCO2. The minimum atomic E-state index is -1.00. The molecule has 0 unspecified atom stereocenters. The lowest BCUT2D eigenvalue weighted by molar-refractivity contribution is -0.132. The Morgan fingerprint density at radius 1 is 1.19 bits per heavy atom. The number of amides is 1. The molecule has 1 aromatic carbocycles. The summed E-state index contributed by atoms with van der Waals surface area (Å²) in [6.45, 7) is 2.15. The van der Waals surface area contributed by atoms with Gasteiger partial charge in [0.15, 0.2) is 11.5 Å². The Labute approximate surface area is 159 Å². The molecule has 1 aromatic heterocycles. The quantitative estimate of drug-likeness (QED) is 0.837. The molecule has 6 nitrogen and oxygen atoms in total. The number of nitrogens with one attached hydrogen (secondary N) is 1. The predicted molar refractivity (Wildman–Crippen MR) is 101 cm³/mol. The minimum Gasteiger partial charge on any atom is -0.478 e. The van der Waals surface area contributed by atoms with Gasteiger partial charge < -0.3 is 19.9 Å². The zero-order chi connectivity index (χ0) is 19.0. The summed E-state index contributed by atoms with van der Waals surface area (Å²) >= 11 is 1.36. The fourth-order valence-corrected chi connectivity index (χ4v) is 4.17. The third-order valence-electron chi connectivity index (χ3n) is 4.45. The normalized spacial score (nSPS) is 15.1. The van der Waals surface area contributed by atoms with Gasteiger partial charge in [-0.05, 0) is 61.2 Å². The van der Waals surface area contributed by atoms with Crippen molar-refractivity contribution in [2.75, 3.05) is 6.79 Å². The maximum absolute atomic E-state index is 12.7. The van der Waals surface area contributed by atoms with E-state index in [1.54, 1.807) is 6.08 Å². The molecule has 2 aromatic rings. The Balaban J connectivity index is 1.60. The third-order valence-corrected chi connectivity index (χ3v) is 5.74. The predicted octanol–water partition coefficient (Wildman–Crippen LogP) is 3.87. The lowest BCUT2D eigenvalue weighted by Gasteiger charge is -2.13. The van der Waals surface area contributed by atoms with E-state index in [1.165, 1.54) is 11.3 Å². The number of carboxylic acids is 1. The molecule has 0 radical (unpaired) electrons. The summed E-state index contributed by atoms with van der Waals surface area (Å²) in [6.07, 6.45) is 4.59. The lowest BCUT2D eigenvalue weighted by Crippen LogP contribution is -2.25. The molecular weight excluding hydrogens is 366 g/mol. The van der Waals surface area contributed by atoms with Gasteiger partial charge in [-0.15, -0.1) is 11.3 Å². The number of hydrogen-bond donors (Lipinski definition) is 2. The van der Waals surface area contributed by atoms with Crippen LogP contribution in [0.5, 0.6) is 11.5 Å². The van der Waals surface area contributed by atoms with Crippen LogP contribution < -0.4 is 14.8 Å². The number of benzene rings is 1. The molecule has 2 aliphatic rings. The smallest absolute Gasteiger partial charge is 0.333 e. The second-order valence-electron chi connectivity index (χ2n) is 6.28. The molecule has 27 heavy (non-hydrogen) atoms. The first-order valence-corrected chi connectivity index (χ1v) is 9.29. The summed E-state index contributed by atoms with van der Waals surface area (Å²) in [6, 6.07) is 7.50. The average Bonchev–Trinajstić information content (AvgIpc) is 3.27. The van der Waals surface area contributed by atoms with Gasteiger partial charge in [0.25, 0.3) is 5.91 Å². The summed E-state index contributed by atoms with van der Waals surface area (Å²) < 4.78 is 10.8. The summed E-state index contributed by atoms with van der Waals surface area (Å²) in [4.78, 5) is 25.5. The summed E-state index contributed by atoms with van der Waals surface area (Å²) in [7, 11) is 0. The highest BCUT2D eigenvalue weighted by Gasteiger charge is 2.21. The number of aliphatic carboxylic acids is 1. The molecule has 138 valence electrons. The van der Waals surface area contributed by atoms with Crippen LogP contribution in [0.3, 0.4) is 0 Å². The summed E-state index contributed by atoms with van der Waals surface area (Å²) in [5, 5.41) is 12.0. The van der Waals surface area contributed by atoms with E-state index in [2.05, 4.69) is 5.32 Å². The number of thiophene rings is 1. The number of fused-ring (bicyclic) bond motifs is 1. The van der Waals surface area contributed by atoms with E-state index in [1.807, 2.05) is 37.3 Å². The van der Waals surface area contributed by atoms with E-state index in [0.717, 1.165) is 16.0 Å². The van der Waals surface area contributed by atoms with Gasteiger partial charge in [-0.1, -0.05) is 6.08 Å². The Morgan fingerprint density at radius 3 is 2.81 bits per heavy atom. The number of aryl methyl sites for hydroxylation is 1. The van der Waals surface area contributed by atoms with E-state index in [0.29, 0.717) is 34.9 Å². The second kappa shape index (κ2) is 6.92. The fraction of sp³-hybridized carbons (Fsp3) is 0.200. The number of rotatable bonds is 4. The summed E-state index contributed by atoms with van der Waals surface area (Å²) in [5.74, 6) is 0.0894. The lowest BCUT2D eigenvalue weighted by atomic mass is 10.0. The molecule has 0 saturated carbocycles. The summed E-state index contributed by atoms with van der Waals surface area (Å²) in [5.41, 5.74) is 2.50. The highest BCUT2D eigenvalue weighted by Crippen LogP contribution is 2.39. The Kier molecular flexibility index (Phi) is 4.45. The first-order valence-electron chi connectivity index (χ1n) is 8.47. The Morgan fingerprint density at radius 2 is 2.00 bits per heavy atom. The third kappa shape index (κ3) is 3.33. The van der Waals surface area contributed by atoms with Gasteiger partial charge >= 0.3 is 5.97 Å². The van der Waals surface area contributed by atoms with Gasteiger partial charge in [0, 0.05) is 4.88 Å². The molecule has 4 rings (SSSR count). The molecule has 7 heteroatoms. The van der Waals surface area contributed by atoms with Gasteiger partial charge in [0.05, 0.1) is 16.1 Å². The number of ether oxygens (including phenoxy) is 2. The Hall–Kier alpha value is -3.06. The van der Waals surface area contributed by atoms with E-state index < -0.39 is 5.97 Å². The standard InChI is InChI=1S/C20H17NO5S/c1-11-8-17(19(22)21-14-5-3-2-4-13(14)20(23)24)27-18(11)12-6-7-15-16(9-12)26-10-25-15/h3,5-9H,2,4,10H2,1H3,(H,21,22)(H,23,24). The van der Waals surface area contributed by atoms with Crippen molar-refractivity contribution in [2.45, 2.75) is 19.8 Å². The van der Waals surface area contributed by atoms with Gasteiger partial charge in [-0.3, -0.25) is 4.79 Å². The molecule has 2 heterocycles. The number of carbonyl (C=O) groups is 2. The molecule has 1 amide bonds. The van der Waals surface area contributed by atoms with Crippen LogP contribution in [-0.2, 0) is 4.79 Å². The van der Waals surface area contributed by atoms with E-state index in [-0.39, 0.29) is 18.3 Å². The molecular formula is C20H17NO5S. The molecule has 1 aliphatic heterocycles.